The molecule has 0 saturated heterocycles. The molecule has 0 saturated carbocycles. The molecule has 0 aliphatic rings. The minimum absolute atomic E-state index is 0.554. The van der Waals surface area contributed by atoms with Crippen molar-refractivity contribution < 1.29 is 8.83 Å². The summed E-state index contributed by atoms with van der Waals surface area (Å²) in [6.07, 6.45) is 0. The Bertz CT molecular complexity index is 3540. The summed E-state index contributed by atoms with van der Waals surface area (Å²) in [5.74, 6) is 1.69. The van der Waals surface area contributed by atoms with E-state index in [-0.39, 0.29) is 0 Å². The Morgan fingerprint density at radius 3 is 1.75 bits per heavy atom. The van der Waals surface area contributed by atoms with E-state index in [0.717, 1.165) is 88.2 Å². The van der Waals surface area contributed by atoms with Crippen LogP contribution in [0.1, 0.15) is 0 Å². The van der Waals surface area contributed by atoms with Crippen LogP contribution in [0.5, 0.6) is 0 Å². The number of hydrogen-bond donors (Lipinski definition) is 0. The zero-order chi connectivity index (χ0) is 37.5. The summed E-state index contributed by atoms with van der Waals surface area (Å²) in [7, 11) is 0. The fourth-order valence-electron chi connectivity index (χ4n) is 8.42. The van der Waals surface area contributed by atoms with Crippen LogP contribution in [0.15, 0.2) is 191 Å². The van der Waals surface area contributed by atoms with Crippen molar-refractivity contribution in [1.29, 1.82) is 0 Å². The van der Waals surface area contributed by atoms with Gasteiger partial charge in [-0.15, -0.1) is 0 Å². The molecule has 0 unspecified atom stereocenters. The zero-order valence-corrected chi connectivity index (χ0v) is 30.4. The maximum Gasteiger partial charge on any atom is 0.164 e. The lowest BCUT2D eigenvalue weighted by Gasteiger charge is -2.12. The molecular formula is C51H30N4O2. The highest BCUT2D eigenvalue weighted by Gasteiger charge is 2.20. The predicted octanol–water partition coefficient (Wildman–Crippen LogP) is 13.4. The van der Waals surface area contributed by atoms with Gasteiger partial charge in [-0.2, -0.15) is 0 Å². The molecule has 57 heavy (non-hydrogen) atoms. The minimum atomic E-state index is 0.554. The van der Waals surface area contributed by atoms with Crippen LogP contribution in [0.4, 0.5) is 0 Å². The fraction of sp³-hybridized carbons (Fsp3) is 0. The highest BCUT2D eigenvalue weighted by Crippen LogP contribution is 2.39. The Hall–Kier alpha value is -7.83. The lowest BCUT2D eigenvalue weighted by Crippen LogP contribution is -2.01. The molecular weight excluding hydrogens is 701 g/mol. The quantitative estimate of drug-likeness (QED) is 0.176. The maximum absolute atomic E-state index is 6.32. The van der Waals surface area contributed by atoms with Gasteiger partial charge in [-0.05, 0) is 65.7 Å². The summed E-state index contributed by atoms with van der Waals surface area (Å²) >= 11 is 0. The maximum atomic E-state index is 6.32. The van der Waals surface area contributed by atoms with Crippen molar-refractivity contribution in [3.63, 3.8) is 0 Å². The molecule has 12 aromatic rings. The molecule has 0 aliphatic carbocycles. The highest BCUT2D eigenvalue weighted by molar-refractivity contribution is 6.12. The van der Waals surface area contributed by atoms with Gasteiger partial charge in [0, 0.05) is 54.7 Å². The molecule has 8 aromatic carbocycles. The summed E-state index contributed by atoms with van der Waals surface area (Å²) in [6, 6.07) is 62.8. The summed E-state index contributed by atoms with van der Waals surface area (Å²) < 4.78 is 15.0. The molecule has 0 bridgehead atoms. The average molecular weight is 731 g/mol. The first-order chi connectivity index (χ1) is 28.2. The highest BCUT2D eigenvalue weighted by atomic mass is 16.3. The van der Waals surface area contributed by atoms with Gasteiger partial charge in [-0.1, -0.05) is 127 Å². The van der Waals surface area contributed by atoms with E-state index in [1.165, 1.54) is 10.9 Å². The number of nitrogens with zero attached hydrogens (tertiary/aromatic N) is 4. The Kier molecular flexibility index (Phi) is 6.83. The first kappa shape index (κ1) is 31.5. The number of rotatable bonds is 5. The molecule has 4 heterocycles. The van der Waals surface area contributed by atoms with Crippen LogP contribution >= 0.6 is 0 Å². The summed E-state index contributed by atoms with van der Waals surface area (Å²) in [6.45, 7) is 0. The molecule has 0 atom stereocenters. The van der Waals surface area contributed by atoms with Gasteiger partial charge < -0.3 is 13.4 Å². The van der Waals surface area contributed by atoms with E-state index in [9.17, 15) is 0 Å². The van der Waals surface area contributed by atoms with Crippen molar-refractivity contribution in [2.24, 2.45) is 0 Å². The Labute approximate surface area is 325 Å². The first-order valence-corrected chi connectivity index (χ1v) is 19.0. The smallest absolute Gasteiger partial charge is 0.164 e. The minimum Gasteiger partial charge on any atom is -0.456 e. The Morgan fingerprint density at radius 2 is 0.912 bits per heavy atom. The van der Waals surface area contributed by atoms with E-state index in [1.54, 1.807) is 0 Å². The van der Waals surface area contributed by atoms with Gasteiger partial charge in [-0.25, -0.2) is 15.0 Å². The molecule has 12 rings (SSSR count). The van der Waals surface area contributed by atoms with Crippen LogP contribution in [-0.2, 0) is 0 Å². The Balaban J connectivity index is 1.10. The number of para-hydroxylation sites is 3. The lowest BCUT2D eigenvalue weighted by molar-refractivity contribution is 0.668. The van der Waals surface area contributed by atoms with E-state index < -0.39 is 0 Å². The van der Waals surface area contributed by atoms with Gasteiger partial charge in [0.1, 0.15) is 22.3 Å². The normalized spacial score (nSPS) is 11.9. The fourth-order valence-corrected chi connectivity index (χ4v) is 8.42. The molecule has 0 amide bonds. The van der Waals surface area contributed by atoms with Gasteiger partial charge in [0.25, 0.3) is 0 Å². The summed E-state index contributed by atoms with van der Waals surface area (Å²) in [5.41, 5.74) is 11.4. The molecule has 266 valence electrons. The largest absolute Gasteiger partial charge is 0.456 e. The van der Waals surface area contributed by atoms with Crippen molar-refractivity contribution in [2.45, 2.75) is 0 Å². The topological polar surface area (TPSA) is 69.9 Å². The van der Waals surface area contributed by atoms with Crippen LogP contribution in [0.25, 0.3) is 117 Å². The zero-order valence-electron chi connectivity index (χ0n) is 30.4. The second-order valence-electron chi connectivity index (χ2n) is 14.4. The Morgan fingerprint density at radius 1 is 0.333 bits per heavy atom. The molecule has 0 N–H and O–H groups in total. The van der Waals surface area contributed by atoms with Crippen LogP contribution in [0.3, 0.4) is 0 Å². The van der Waals surface area contributed by atoms with Crippen molar-refractivity contribution in [3.05, 3.63) is 182 Å². The van der Waals surface area contributed by atoms with E-state index in [0.29, 0.717) is 17.5 Å². The van der Waals surface area contributed by atoms with E-state index >= 15 is 0 Å². The van der Waals surface area contributed by atoms with E-state index in [2.05, 4.69) is 132 Å². The van der Waals surface area contributed by atoms with Crippen LogP contribution in [-0.4, -0.2) is 19.5 Å². The lowest BCUT2D eigenvalue weighted by atomic mass is 10.0. The number of hydrogen-bond acceptors (Lipinski definition) is 5. The van der Waals surface area contributed by atoms with Gasteiger partial charge in [-0.3, -0.25) is 0 Å². The molecule has 0 spiro atoms. The molecule has 6 heteroatoms. The SMILES string of the molecule is c1ccc(-c2cccc(-n3c4ccccc4c4ccc(-c5nc(-c6ccc7c(c6)oc6ccccc67)nc(-c6cccc7oc8ccccc8c67)n5)cc43)c2)cc1. The first-order valence-electron chi connectivity index (χ1n) is 19.0. The van der Waals surface area contributed by atoms with Gasteiger partial charge in [0.15, 0.2) is 17.5 Å². The monoisotopic (exact) mass is 730 g/mol. The third-order valence-corrected chi connectivity index (χ3v) is 11.1. The predicted molar refractivity (Wildman–Crippen MR) is 230 cm³/mol. The summed E-state index contributed by atoms with van der Waals surface area (Å²) in [4.78, 5) is 15.7. The second-order valence-corrected chi connectivity index (χ2v) is 14.4. The average Bonchev–Trinajstić information content (AvgIpc) is 3.95. The van der Waals surface area contributed by atoms with Crippen molar-refractivity contribution >= 4 is 65.7 Å². The van der Waals surface area contributed by atoms with Gasteiger partial charge >= 0.3 is 0 Å². The van der Waals surface area contributed by atoms with Crippen LogP contribution < -0.4 is 0 Å². The van der Waals surface area contributed by atoms with Crippen molar-refractivity contribution in [1.82, 2.24) is 19.5 Å². The standard InChI is InChI=1S/C51H30N4O2/c1-2-12-31(13-3-1)32-14-10-15-35(28-32)55-42-20-7-4-16-36(42)37-26-24-33(29-43(37)55)49-52-50(34-25-27-39-38-17-5-8-21-44(38)57-47(39)30-34)54-51(53-49)41-19-11-23-46-48(41)40-18-6-9-22-45(40)56-46/h1-30H. The molecule has 0 fully saturated rings. The third kappa shape index (κ3) is 5.01. The van der Waals surface area contributed by atoms with Crippen molar-refractivity contribution in [2.75, 3.05) is 0 Å². The van der Waals surface area contributed by atoms with E-state index in [4.69, 9.17) is 23.8 Å². The van der Waals surface area contributed by atoms with Crippen LogP contribution in [0, 0.1) is 0 Å². The number of benzene rings is 8. The molecule has 0 radical (unpaired) electrons. The van der Waals surface area contributed by atoms with Gasteiger partial charge in [0.2, 0.25) is 0 Å². The number of furan rings is 2. The number of aromatic nitrogens is 4. The molecule has 0 aliphatic heterocycles. The van der Waals surface area contributed by atoms with Crippen molar-refractivity contribution in [3.8, 4) is 51.0 Å². The van der Waals surface area contributed by atoms with Crippen LogP contribution in [0.2, 0.25) is 0 Å². The molecule has 6 nitrogen and oxygen atoms in total. The van der Waals surface area contributed by atoms with E-state index in [1.807, 2.05) is 54.6 Å². The van der Waals surface area contributed by atoms with Gasteiger partial charge in [0.05, 0.1) is 11.0 Å². The number of fused-ring (bicyclic) bond motifs is 9. The third-order valence-electron chi connectivity index (χ3n) is 11.1. The summed E-state index contributed by atoms with van der Waals surface area (Å²) in [5, 5.41) is 6.44. The second kappa shape index (κ2) is 12.3. The molecule has 4 aromatic heterocycles.